The number of benzene rings is 1. The van der Waals surface area contributed by atoms with Crippen molar-refractivity contribution in [2.75, 3.05) is 36.9 Å². The molecule has 132 valence electrons. The summed E-state index contributed by atoms with van der Waals surface area (Å²) in [6.07, 6.45) is 5.79. The lowest BCUT2D eigenvalue weighted by molar-refractivity contribution is 0.170. The first-order valence-electron chi connectivity index (χ1n) is 9.25. The lowest BCUT2D eigenvalue weighted by atomic mass is 9.99. The lowest BCUT2D eigenvalue weighted by Gasteiger charge is -2.35. The number of amides is 2. The van der Waals surface area contributed by atoms with Crippen LogP contribution >= 0.6 is 0 Å². The molecule has 5 nitrogen and oxygen atoms in total. The van der Waals surface area contributed by atoms with Gasteiger partial charge in [-0.3, -0.25) is 0 Å². The number of carbonyl (C=O) groups is 1. The van der Waals surface area contributed by atoms with Crippen LogP contribution in [0.3, 0.4) is 0 Å². The molecule has 2 fully saturated rings. The zero-order valence-electron chi connectivity index (χ0n) is 14.9. The summed E-state index contributed by atoms with van der Waals surface area (Å²) in [6, 6.07) is 8.84. The van der Waals surface area contributed by atoms with E-state index in [1.165, 1.54) is 19.3 Å². The van der Waals surface area contributed by atoms with Crippen LogP contribution in [-0.2, 0) is 0 Å². The molecule has 0 aromatic heterocycles. The van der Waals surface area contributed by atoms with Crippen LogP contribution in [0, 0.1) is 0 Å². The first-order valence-corrected chi connectivity index (χ1v) is 9.25. The molecule has 2 saturated heterocycles. The van der Waals surface area contributed by atoms with E-state index in [1.54, 1.807) is 0 Å². The molecule has 0 saturated carbocycles. The molecular formula is C19H30N4O. The van der Waals surface area contributed by atoms with Crippen LogP contribution < -0.4 is 15.5 Å². The summed E-state index contributed by atoms with van der Waals surface area (Å²) >= 11 is 0. The van der Waals surface area contributed by atoms with Gasteiger partial charge in [-0.05, 0) is 58.2 Å². The molecule has 1 aromatic rings. The summed E-state index contributed by atoms with van der Waals surface area (Å²) in [5.74, 6) is 0. The highest BCUT2D eigenvalue weighted by Crippen LogP contribution is 2.28. The van der Waals surface area contributed by atoms with Gasteiger partial charge >= 0.3 is 6.03 Å². The SMILES string of the molecule is C[C@H]1C[C@@H](NC(=O)Nc2ccccc2N2CCCCC2)CCN1C. The largest absolute Gasteiger partial charge is 0.370 e. The zero-order valence-corrected chi connectivity index (χ0v) is 14.9. The minimum absolute atomic E-state index is 0.0822. The number of hydrogen-bond donors (Lipinski definition) is 2. The minimum atomic E-state index is -0.0822. The van der Waals surface area contributed by atoms with E-state index >= 15 is 0 Å². The topological polar surface area (TPSA) is 47.6 Å². The molecule has 2 N–H and O–H groups in total. The number of carbonyl (C=O) groups excluding carboxylic acids is 1. The van der Waals surface area contributed by atoms with E-state index in [9.17, 15) is 4.79 Å². The highest BCUT2D eigenvalue weighted by molar-refractivity contribution is 5.93. The first kappa shape index (κ1) is 17.1. The second-order valence-corrected chi connectivity index (χ2v) is 7.21. The van der Waals surface area contributed by atoms with Crippen molar-refractivity contribution in [3.63, 3.8) is 0 Å². The molecule has 24 heavy (non-hydrogen) atoms. The van der Waals surface area contributed by atoms with Gasteiger partial charge in [0.2, 0.25) is 0 Å². The molecule has 0 spiro atoms. The smallest absolute Gasteiger partial charge is 0.319 e. The van der Waals surface area contributed by atoms with Gasteiger partial charge < -0.3 is 20.4 Å². The Morgan fingerprint density at radius 3 is 2.62 bits per heavy atom. The van der Waals surface area contributed by atoms with Gasteiger partial charge in [0.05, 0.1) is 11.4 Å². The van der Waals surface area contributed by atoms with E-state index in [1.807, 2.05) is 18.2 Å². The van der Waals surface area contributed by atoms with Gasteiger partial charge in [0.15, 0.2) is 0 Å². The number of nitrogens with zero attached hydrogens (tertiary/aromatic N) is 2. The Labute approximate surface area is 145 Å². The highest BCUT2D eigenvalue weighted by atomic mass is 16.2. The van der Waals surface area contributed by atoms with Crippen LogP contribution in [0.25, 0.3) is 0 Å². The van der Waals surface area contributed by atoms with E-state index < -0.39 is 0 Å². The summed E-state index contributed by atoms with van der Waals surface area (Å²) in [5, 5.41) is 6.23. The minimum Gasteiger partial charge on any atom is -0.370 e. The van der Waals surface area contributed by atoms with Crippen molar-refractivity contribution in [3.8, 4) is 0 Å². The third-order valence-electron chi connectivity index (χ3n) is 5.39. The van der Waals surface area contributed by atoms with E-state index in [2.05, 4.69) is 40.5 Å². The molecule has 0 aliphatic carbocycles. The van der Waals surface area contributed by atoms with Crippen molar-refractivity contribution in [1.82, 2.24) is 10.2 Å². The van der Waals surface area contributed by atoms with Gasteiger partial charge in [-0.2, -0.15) is 0 Å². The maximum Gasteiger partial charge on any atom is 0.319 e. The predicted octanol–water partition coefficient (Wildman–Crippen LogP) is 3.28. The fourth-order valence-corrected chi connectivity index (χ4v) is 3.75. The average molecular weight is 330 g/mol. The molecule has 2 aliphatic rings. The molecule has 0 radical (unpaired) electrons. The average Bonchev–Trinajstić information content (AvgIpc) is 2.59. The molecule has 3 rings (SSSR count). The Hall–Kier alpha value is -1.75. The number of likely N-dealkylation sites (tertiary alicyclic amines) is 1. The number of hydrogen-bond acceptors (Lipinski definition) is 3. The fraction of sp³-hybridized carbons (Fsp3) is 0.632. The van der Waals surface area contributed by atoms with Crippen molar-refractivity contribution in [1.29, 1.82) is 0 Å². The van der Waals surface area contributed by atoms with E-state index in [-0.39, 0.29) is 12.1 Å². The molecular weight excluding hydrogens is 300 g/mol. The van der Waals surface area contributed by atoms with Crippen LogP contribution in [-0.4, -0.2) is 49.7 Å². The monoisotopic (exact) mass is 330 g/mol. The molecule has 2 heterocycles. The summed E-state index contributed by atoms with van der Waals surface area (Å²) in [7, 11) is 2.15. The molecule has 2 aliphatic heterocycles. The quantitative estimate of drug-likeness (QED) is 0.894. The Morgan fingerprint density at radius 2 is 1.88 bits per heavy atom. The molecule has 1 aromatic carbocycles. The summed E-state index contributed by atoms with van der Waals surface area (Å²) in [4.78, 5) is 17.2. The van der Waals surface area contributed by atoms with E-state index in [0.29, 0.717) is 6.04 Å². The van der Waals surface area contributed by atoms with Crippen molar-refractivity contribution >= 4 is 17.4 Å². The van der Waals surface area contributed by atoms with Gasteiger partial charge in [0.1, 0.15) is 0 Å². The third-order valence-corrected chi connectivity index (χ3v) is 5.39. The standard InChI is InChI=1S/C19H30N4O/c1-15-14-16(10-13-22(15)2)20-19(24)21-17-8-4-5-9-18(17)23-11-6-3-7-12-23/h4-5,8-9,15-16H,3,6-7,10-14H2,1-2H3,(H2,20,21,24)/t15-,16-/m0/s1. The lowest BCUT2D eigenvalue weighted by Crippen LogP contribution is -2.48. The van der Waals surface area contributed by atoms with Crippen molar-refractivity contribution < 1.29 is 4.79 Å². The van der Waals surface area contributed by atoms with Gasteiger partial charge in [0.25, 0.3) is 0 Å². The molecule has 0 unspecified atom stereocenters. The second kappa shape index (κ2) is 7.88. The fourth-order valence-electron chi connectivity index (χ4n) is 3.75. The van der Waals surface area contributed by atoms with Crippen molar-refractivity contribution in [2.45, 2.75) is 51.1 Å². The van der Waals surface area contributed by atoms with Crippen LogP contribution in [0.5, 0.6) is 0 Å². The Balaban J connectivity index is 1.60. The number of para-hydroxylation sites is 2. The van der Waals surface area contributed by atoms with Crippen LogP contribution in [0.1, 0.15) is 39.0 Å². The van der Waals surface area contributed by atoms with Gasteiger partial charge in [-0.1, -0.05) is 12.1 Å². The maximum atomic E-state index is 12.4. The van der Waals surface area contributed by atoms with E-state index in [4.69, 9.17) is 0 Å². The number of nitrogens with one attached hydrogen (secondary N) is 2. The maximum absolute atomic E-state index is 12.4. The van der Waals surface area contributed by atoms with Gasteiger partial charge in [0, 0.05) is 31.7 Å². The van der Waals surface area contributed by atoms with Crippen molar-refractivity contribution in [2.24, 2.45) is 0 Å². The Morgan fingerprint density at radius 1 is 1.12 bits per heavy atom. The van der Waals surface area contributed by atoms with Crippen LogP contribution in [0.4, 0.5) is 16.2 Å². The van der Waals surface area contributed by atoms with E-state index in [0.717, 1.165) is 43.9 Å². The number of rotatable bonds is 3. The second-order valence-electron chi connectivity index (χ2n) is 7.21. The van der Waals surface area contributed by atoms with Crippen molar-refractivity contribution in [3.05, 3.63) is 24.3 Å². The first-order chi connectivity index (χ1) is 11.6. The molecule has 0 bridgehead atoms. The summed E-state index contributed by atoms with van der Waals surface area (Å²) in [5.41, 5.74) is 2.06. The van der Waals surface area contributed by atoms with Gasteiger partial charge in [-0.15, -0.1) is 0 Å². The zero-order chi connectivity index (χ0) is 16.9. The molecule has 2 atom stereocenters. The normalized spacial score (nSPS) is 25.3. The molecule has 5 heteroatoms. The summed E-state index contributed by atoms with van der Waals surface area (Å²) < 4.78 is 0. The number of anilines is 2. The number of urea groups is 1. The Bertz CT molecular complexity index is 556. The number of piperidine rings is 2. The highest BCUT2D eigenvalue weighted by Gasteiger charge is 2.24. The van der Waals surface area contributed by atoms with Gasteiger partial charge in [-0.25, -0.2) is 4.79 Å². The van der Waals surface area contributed by atoms with Crippen LogP contribution in [0.15, 0.2) is 24.3 Å². The van der Waals surface area contributed by atoms with Crippen LogP contribution in [0.2, 0.25) is 0 Å². The summed E-state index contributed by atoms with van der Waals surface area (Å²) in [6.45, 7) is 5.41. The Kier molecular flexibility index (Phi) is 5.61. The predicted molar refractivity (Wildman–Crippen MR) is 99.8 cm³/mol. The molecule has 2 amide bonds. The third kappa shape index (κ3) is 4.20.